The zero-order valence-electron chi connectivity index (χ0n) is 11.9. The normalized spacial score (nSPS) is 10.3. The average molecular weight is 278 g/mol. The highest BCUT2D eigenvalue weighted by atomic mass is 16.2. The zero-order chi connectivity index (χ0) is 15.1. The molecule has 0 saturated heterocycles. The molecule has 0 atom stereocenters. The molecule has 6 heteroatoms. The molecular weight excluding hydrogens is 256 g/mol. The molecule has 0 radical (unpaired) electrons. The van der Waals surface area contributed by atoms with Crippen LogP contribution in [0.5, 0.6) is 0 Å². The number of carbonyl (C=O) groups excluding carboxylic acids is 2. The fourth-order valence-corrected chi connectivity index (χ4v) is 1.64. The lowest BCUT2D eigenvalue weighted by Gasteiger charge is -2.11. The summed E-state index contributed by atoms with van der Waals surface area (Å²) >= 11 is 0. The van der Waals surface area contributed by atoms with Gasteiger partial charge in [0.1, 0.15) is 0 Å². The van der Waals surface area contributed by atoms with Crippen molar-refractivity contribution in [1.29, 1.82) is 0 Å². The van der Waals surface area contributed by atoms with Gasteiger partial charge in [0.05, 0.1) is 5.56 Å². The highest BCUT2D eigenvalue weighted by Gasteiger charge is 2.09. The van der Waals surface area contributed by atoms with Crippen LogP contribution in [0.1, 0.15) is 30.6 Å². The Balaban J connectivity index is 2.50. The smallest absolute Gasteiger partial charge is 0.250 e. The summed E-state index contributed by atoms with van der Waals surface area (Å²) in [5.74, 6) is -0.156. The fourth-order valence-electron chi connectivity index (χ4n) is 1.64. The van der Waals surface area contributed by atoms with Gasteiger partial charge in [-0.3, -0.25) is 9.59 Å². The van der Waals surface area contributed by atoms with Crippen LogP contribution in [-0.2, 0) is 4.79 Å². The number of benzene rings is 1. The number of anilines is 2. The summed E-state index contributed by atoms with van der Waals surface area (Å²) in [5.41, 5.74) is 12.3. The average Bonchev–Trinajstić information content (AvgIpc) is 2.37. The van der Waals surface area contributed by atoms with Gasteiger partial charge in [-0.25, -0.2) is 0 Å². The zero-order valence-corrected chi connectivity index (χ0v) is 11.9. The van der Waals surface area contributed by atoms with Crippen LogP contribution in [-0.4, -0.2) is 24.9 Å². The fraction of sp³-hybridized carbons (Fsp3) is 0.429. The molecular formula is C14H22N4O2. The van der Waals surface area contributed by atoms with E-state index < -0.39 is 5.91 Å². The second kappa shape index (κ2) is 7.37. The van der Waals surface area contributed by atoms with Crippen molar-refractivity contribution in [2.45, 2.75) is 20.3 Å². The van der Waals surface area contributed by atoms with Crippen LogP contribution >= 0.6 is 0 Å². The van der Waals surface area contributed by atoms with E-state index in [0.717, 1.165) is 0 Å². The van der Waals surface area contributed by atoms with E-state index in [-0.39, 0.29) is 5.91 Å². The van der Waals surface area contributed by atoms with Crippen molar-refractivity contribution in [1.82, 2.24) is 5.32 Å². The van der Waals surface area contributed by atoms with Crippen molar-refractivity contribution in [3.8, 4) is 0 Å². The second-order valence-corrected chi connectivity index (χ2v) is 5.04. The maximum atomic E-state index is 11.5. The molecule has 0 aromatic heterocycles. The van der Waals surface area contributed by atoms with Gasteiger partial charge in [-0.15, -0.1) is 0 Å². The molecule has 6 nitrogen and oxygen atoms in total. The number of hydrogen-bond acceptors (Lipinski definition) is 4. The number of hydrogen-bond donors (Lipinski definition) is 4. The number of rotatable bonds is 7. The Hall–Kier alpha value is -2.24. The summed E-state index contributed by atoms with van der Waals surface area (Å²) in [6.07, 6.45) is 0.329. The lowest BCUT2D eigenvalue weighted by Crippen LogP contribution is -2.28. The molecule has 0 bridgehead atoms. The van der Waals surface area contributed by atoms with Crippen LogP contribution in [0, 0.1) is 5.92 Å². The molecule has 2 amide bonds. The molecule has 1 aromatic carbocycles. The molecule has 0 saturated carbocycles. The third-order valence-corrected chi connectivity index (χ3v) is 2.68. The Morgan fingerprint density at radius 2 is 2.00 bits per heavy atom. The van der Waals surface area contributed by atoms with Crippen LogP contribution < -0.4 is 22.1 Å². The third kappa shape index (κ3) is 5.17. The molecule has 0 aliphatic heterocycles. The van der Waals surface area contributed by atoms with Crippen molar-refractivity contribution >= 4 is 23.2 Å². The van der Waals surface area contributed by atoms with Gasteiger partial charge in [0.15, 0.2) is 0 Å². The SMILES string of the molecule is CC(C)CNC(=O)CCNc1ccc(N)cc1C(N)=O. The number of amides is 2. The lowest BCUT2D eigenvalue weighted by atomic mass is 10.1. The summed E-state index contributed by atoms with van der Waals surface area (Å²) in [7, 11) is 0. The molecule has 0 heterocycles. The van der Waals surface area contributed by atoms with E-state index >= 15 is 0 Å². The third-order valence-electron chi connectivity index (χ3n) is 2.68. The highest BCUT2D eigenvalue weighted by Crippen LogP contribution is 2.18. The van der Waals surface area contributed by atoms with E-state index in [1.165, 1.54) is 6.07 Å². The largest absolute Gasteiger partial charge is 0.399 e. The molecule has 0 aliphatic carbocycles. The van der Waals surface area contributed by atoms with Crippen molar-refractivity contribution in [3.05, 3.63) is 23.8 Å². The van der Waals surface area contributed by atoms with Gasteiger partial charge in [0, 0.05) is 30.9 Å². The van der Waals surface area contributed by atoms with E-state index in [1.807, 2.05) is 13.8 Å². The Kier molecular flexibility index (Phi) is 5.83. The molecule has 1 aromatic rings. The van der Waals surface area contributed by atoms with Crippen molar-refractivity contribution in [2.75, 3.05) is 24.1 Å². The van der Waals surface area contributed by atoms with Crippen molar-refractivity contribution < 1.29 is 9.59 Å². The molecule has 0 unspecified atom stereocenters. The summed E-state index contributed by atoms with van der Waals surface area (Å²) in [6.45, 7) is 5.15. The molecule has 0 fully saturated rings. The van der Waals surface area contributed by atoms with Gasteiger partial charge in [0.25, 0.3) is 5.91 Å². The standard InChI is InChI=1S/C14H22N4O2/c1-9(2)8-18-13(19)5-6-17-12-4-3-10(15)7-11(12)14(16)20/h3-4,7,9,17H,5-6,8,15H2,1-2H3,(H2,16,20)(H,18,19). The van der Waals surface area contributed by atoms with Crippen LogP contribution in [0.4, 0.5) is 11.4 Å². The first-order valence-electron chi connectivity index (χ1n) is 6.60. The quantitative estimate of drug-likeness (QED) is 0.556. The summed E-state index contributed by atoms with van der Waals surface area (Å²) in [6, 6.07) is 4.87. The van der Waals surface area contributed by atoms with Gasteiger partial charge in [-0.05, 0) is 24.1 Å². The monoisotopic (exact) mass is 278 g/mol. The number of nitrogen functional groups attached to an aromatic ring is 1. The van der Waals surface area contributed by atoms with Gasteiger partial charge >= 0.3 is 0 Å². The first-order chi connectivity index (χ1) is 9.40. The molecule has 6 N–H and O–H groups in total. The van der Waals surface area contributed by atoms with Crippen LogP contribution in [0.25, 0.3) is 0 Å². The topological polar surface area (TPSA) is 110 Å². The minimum atomic E-state index is -0.552. The molecule has 20 heavy (non-hydrogen) atoms. The second-order valence-electron chi connectivity index (χ2n) is 5.04. The minimum Gasteiger partial charge on any atom is -0.399 e. The predicted molar refractivity (Wildman–Crippen MR) is 80.3 cm³/mol. The van der Waals surface area contributed by atoms with E-state index in [9.17, 15) is 9.59 Å². The van der Waals surface area contributed by atoms with Gasteiger partial charge in [-0.1, -0.05) is 13.8 Å². The van der Waals surface area contributed by atoms with Crippen LogP contribution in [0.2, 0.25) is 0 Å². The number of nitrogens with one attached hydrogen (secondary N) is 2. The molecule has 0 spiro atoms. The molecule has 1 rings (SSSR count). The maximum Gasteiger partial charge on any atom is 0.250 e. The van der Waals surface area contributed by atoms with Crippen LogP contribution in [0.15, 0.2) is 18.2 Å². The number of carbonyl (C=O) groups is 2. The van der Waals surface area contributed by atoms with Gasteiger partial charge in [-0.2, -0.15) is 0 Å². The predicted octanol–water partition coefficient (Wildman–Crippen LogP) is 0.942. The summed E-state index contributed by atoms with van der Waals surface area (Å²) in [5, 5.41) is 5.85. The van der Waals surface area contributed by atoms with Crippen molar-refractivity contribution in [2.24, 2.45) is 11.7 Å². The molecule has 110 valence electrons. The van der Waals surface area contributed by atoms with Gasteiger partial charge < -0.3 is 22.1 Å². The Morgan fingerprint density at radius 3 is 2.60 bits per heavy atom. The van der Waals surface area contributed by atoms with E-state index in [0.29, 0.717) is 42.4 Å². The van der Waals surface area contributed by atoms with E-state index in [1.54, 1.807) is 12.1 Å². The number of primary amides is 1. The minimum absolute atomic E-state index is 0.0257. The summed E-state index contributed by atoms with van der Waals surface area (Å²) < 4.78 is 0. The first-order valence-corrected chi connectivity index (χ1v) is 6.60. The maximum absolute atomic E-state index is 11.5. The van der Waals surface area contributed by atoms with Crippen LogP contribution in [0.3, 0.4) is 0 Å². The Bertz CT molecular complexity index is 486. The number of nitrogens with two attached hydrogens (primary N) is 2. The Morgan fingerprint density at radius 1 is 1.30 bits per heavy atom. The summed E-state index contributed by atoms with van der Waals surface area (Å²) in [4.78, 5) is 22.8. The highest BCUT2D eigenvalue weighted by molar-refractivity contribution is 5.99. The Labute approximate surface area is 118 Å². The van der Waals surface area contributed by atoms with E-state index in [4.69, 9.17) is 11.5 Å². The molecule has 0 aliphatic rings. The van der Waals surface area contributed by atoms with Gasteiger partial charge in [0.2, 0.25) is 5.91 Å². The van der Waals surface area contributed by atoms with Crippen molar-refractivity contribution in [3.63, 3.8) is 0 Å². The van der Waals surface area contributed by atoms with E-state index in [2.05, 4.69) is 10.6 Å². The first kappa shape index (κ1) is 15.8. The lowest BCUT2D eigenvalue weighted by molar-refractivity contribution is -0.120.